The predicted octanol–water partition coefficient (Wildman–Crippen LogP) is 1.49. The van der Waals surface area contributed by atoms with Crippen LogP contribution in [0.15, 0.2) is 22.7 Å². The number of rotatable bonds is 3. The van der Waals surface area contributed by atoms with Gasteiger partial charge in [0.05, 0.1) is 12.1 Å². The molecule has 0 saturated carbocycles. The number of nitrogens with zero attached hydrogens (tertiary/aromatic N) is 1. The molecule has 0 bridgehead atoms. The highest BCUT2D eigenvalue weighted by atomic mass is 79.9. The number of carbonyl (C=O) groups excluding carboxylic acids is 3. The first-order chi connectivity index (χ1) is 8.49. The van der Waals surface area contributed by atoms with E-state index in [1.807, 2.05) is 0 Å². The quantitative estimate of drug-likeness (QED) is 0.678. The molecule has 0 atom stereocenters. The number of likely N-dealkylation sites (tertiary alicyclic amines) is 1. The standard InChI is InChI=1S/C12H10BrNO4/c13-7-1-2-8(9(15)5-7)10(16)6-14-11(17)3-4-12(14)18/h1-2,5,15H,3-4,6H2. The molecule has 1 N–H and O–H groups in total. The first-order valence-electron chi connectivity index (χ1n) is 5.34. The van der Waals surface area contributed by atoms with E-state index < -0.39 is 5.78 Å². The van der Waals surface area contributed by atoms with Gasteiger partial charge in [0.15, 0.2) is 5.78 Å². The smallest absolute Gasteiger partial charge is 0.230 e. The van der Waals surface area contributed by atoms with Crippen molar-refractivity contribution in [2.45, 2.75) is 12.8 Å². The zero-order valence-corrected chi connectivity index (χ0v) is 10.9. The van der Waals surface area contributed by atoms with E-state index in [4.69, 9.17) is 0 Å². The molecule has 18 heavy (non-hydrogen) atoms. The maximum Gasteiger partial charge on any atom is 0.230 e. The second kappa shape index (κ2) is 4.89. The zero-order valence-electron chi connectivity index (χ0n) is 9.35. The third-order valence-electron chi connectivity index (χ3n) is 2.72. The van der Waals surface area contributed by atoms with Gasteiger partial charge < -0.3 is 5.11 Å². The fourth-order valence-corrected chi connectivity index (χ4v) is 2.12. The molecule has 0 radical (unpaired) electrons. The van der Waals surface area contributed by atoms with Crippen LogP contribution in [-0.4, -0.2) is 34.1 Å². The molecule has 0 aromatic heterocycles. The summed E-state index contributed by atoms with van der Waals surface area (Å²) in [5, 5.41) is 9.63. The molecule has 2 amide bonds. The van der Waals surface area contributed by atoms with Gasteiger partial charge in [-0.1, -0.05) is 15.9 Å². The van der Waals surface area contributed by atoms with Crippen LogP contribution in [0, 0.1) is 0 Å². The second-order valence-corrected chi connectivity index (χ2v) is 4.87. The van der Waals surface area contributed by atoms with E-state index in [1.54, 1.807) is 6.07 Å². The third kappa shape index (κ3) is 2.43. The maximum absolute atomic E-state index is 11.9. The summed E-state index contributed by atoms with van der Waals surface area (Å²) in [6, 6.07) is 4.45. The van der Waals surface area contributed by atoms with Crippen LogP contribution in [0.5, 0.6) is 5.75 Å². The van der Waals surface area contributed by atoms with E-state index in [0.717, 1.165) is 4.90 Å². The molecular weight excluding hydrogens is 302 g/mol. The van der Waals surface area contributed by atoms with Crippen molar-refractivity contribution < 1.29 is 19.5 Å². The third-order valence-corrected chi connectivity index (χ3v) is 3.21. The van der Waals surface area contributed by atoms with Crippen molar-refractivity contribution in [2.75, 3.05) is 6.54 Å². The molecule has 1 aromatic rings. The van der Waals surface area contributed by atoms with Crippen LogP contribution in [0.1, 0.15) is 23.2 Å². The summed E-state index contributed by atoms with van der Waals surface area (Å²) < 4.78 is 0.643. The molecule has 1 saturated heterocycles. The highest BCUT2D eigenvalue weighted by Crippen LogP contribution is 2.23. The highest BCUT2D eigenvalue weighted by Gasteiger charge is 2.31. The lowest BCUT2D eigenvalue weighted by Gasteiger charge is -2.13. The Bertz CT molecular complexity index is 525. The molecule has 6 heteroatoms. The molecule has 1 fully saturated rings. The minimum Gasteiger partial charge on any atom is -0.507 e. The van der Waals surface area contributed by atoms with Crippen LogP contribution in [0.3, 0.4) is 0 Å². The van der Waals surface area contributed by atoms with Gasteiger partial charge >= 0.3 is 0 Å². The summed E-state index contributed by atoms with van der Waals surface area (Å²) in [6.07, 6.45) is 0.302. The number of carbonyl (C=O) groups is 3. The van der Waals surface area contributed by atoms with Gasteiger partial charge in [-0.25, -0.2) is 0 Å². The number of amides is 2. The number of phenols is 1. The minimum atomic E-state index is -0.455. The van der Waals surface area contributed by atoms with E-state index in [1.165, 1.54) is 12.1 Å². The number of imide groups is 1. The number of benzene rings is 1. The number of Topliss-reactive ketones (excluding diaryl/α,β-unsaturated/α-hetero) is 1. The monoisotopic (exact) mass is 311 g/mol. The van der Waals surface area contributed by atoms with Gasteiger partial charge in [0.1, 0.15) is 5.75 Å². The summed E-state index contributed by atoms with van der Waals surface area (Å²) in [6.45, 7) is -0.313. The first kappa shape index (κ1) is 12.8. The fourth-order valence-electron chi connectivity index (χ4n) is 1.77. The highest BCUT2D eigenvalue weighted by molar-refractivity contribution is 9.10. The molecule has 2 rings (SSSR count). The lowest BCUT2D eigenvalue weighted by Crippen LogP contribution is -2.34. The van der Waals surface area contributed by atoms with Crippen LogP contribution in [-0.2, 0) is 9.59 Å². The van der Waals surface area contributed by atoms with Gasteiger partial charge in [-0.2, -0.15) is 0 Å². The Balaban J connectivity index is 2.17. The minimum absolute atomic E-state index is 0.103. The van der Waals surface area contributed by atoms with Gasteiger partial charge in [-0.3, -0.25) is 19.3 Å². The lowest BCUT2D eigenvalue weighted by molar-refractivity contribution is -0.137. The molecule has 1 aliphatic heterocycles. The fraction of sp³-hybridized carbons (Fsp3) is 0.250. The largest absolute Gasteiger partial charge is 0.507 e. The SMILES string of the molecule is O=C(CN1C(=O)CCC1=O)c1ccc(Br)cc1O. The molecule has 5 nitrogen and oxygen atoms in total. The normalized spacial score (nSPS) is 15.3. The van der Waals surface area contributed by atoms with Crippen LogP contribution in [0.25, 0.3) is 0 Å². The number of hydrogen-bond acceptors (Lipinski definition) is 4. The van der Waals surface area contributed by atoms with Gasteiger partial charge in [-0.15, -0.1) is 0 Å². The van der Waals surface area contributed by atoms with Gasteiger partial charge in [0, 0.05) is 17.3 Å². The average Bonchev–Trinajstić information content (AvgIpc) is 2.60. The number of halogens is 1. The van der Waals surface area contributed by atoms with Crippen molar-refractivity contribution in [3.05, 3.63) is 28.2 Å². The number of hydrogen-bond donors (Lipinski definition) is 1. The first-order valence-corrected chi connectivity index (χ1v) is 6.13. The Morgan fingerprint density at radius 2 is 1.89 bits per heavy atom. The van der Waals surface area contributed by atoms with Gasteiger partial charge in [0.25, 0.3) is 0 Å². The molecule has 1 heterocycles. The topological polar surface area (TPSA) is 74.7 Å². The van der Waals surface area contributed by atoms with Crippen LogP contribution in [0.4, 0.5) is 0 Å². The van der Waals surface area contributed by atoms with Crippen LogP contribution >= 0.6 is 15.9 Å². The lowest BCUT2D eigenvalue weighted by atomic mass is 10.1. The number of ketones is 1. The van der Waals surface area contributed by atoms with E-state index >= 15 is 0 Å². The molecule has 0 aliphatic carbocycles. The van der Waals surface area contributed by atoms with Crippen molar-refractivity contribution >= 4 is 33.5 Å². The molecule has 0 spiro atoms. The zero-order chi connectivity index (χ0) is 13.3. The number of aromatic hydroxyl groups is 1. The maximum atomic E-state index is 11.9. The summed E-state index contributed by atoms with van der Waals surface area (Å²) in [7, 11) is 0. The number of phenolic OH excluding ortho intramolecular Hbond substituents is 1. The summed E-state index contributed by atoms with van der Waals surface area (Å²) in [5.41, 5.74) is 0.103. The van der Waals surface area contributed by atoms with Crippen molar-refractivity contribution in [3.8, 4) is 5.75 Å². The van der Waals surface area contributed by atoms with Crippen molar-refractivity contribution in [1.82, 2.24) is 4.90 Å². The Hall–Kier alpha value is -1.69. The molecular formula is C12H10BrNO4. The van der Waals surface area contributed by atoms with E-state index in [2.05, 4.69) is 15.9 Å². The molecule has 0 unspecified atom stereocenters. The van der Waals surface area contributed by atoms with E-state index in [0.29, 0.717) is 4.47 Å². The van der Waals surface area contributed by atoms with Crippen molar-refractivity contribution in [1.29, 1.82) is 0 Å². The van der Waals surface area contributed by atoms with Gasteiger partial charge in [0.2, 0.25) is 11.8 Å². The average molecular weight is 312 g/mol. The predicted molar refractivity (Wildman–Crippen MR) is 66.1 cm³/mol. The Kier molecular flexibility index (Phi) is 3.47. The second-order valence-electron chi connectivity index (χ2n) is 3.96. The molecule has 94 valence electrons. The van der Waals surface area contributed by atoms with Crippen LogP contribution < -0.4 is 0 Å². The van der Waals surface area contributed by atoms with Crippen LogP contribution in [0.2, 0.25) is 0 Å². The van der Waals surface area contributed by atoms with E-state index in [9.17, 15) is 19.5 Å². The van der Waals surface area contributed by atoms with E-state index in [-0.39, 0.29) is 42.5 Å². The summed E-state index contributed by atoms with van der Waals surface area (Å²) in [4.78, 5) is 35.6. The van der Waals surface area contributed by atoms with Crippen molar-refractivity contribution in [2.24, 2.45) is 0 Å². The Morgan fingerprint density at radius 1 is 1.28 bits per heavy atom. The Morgan fingerprint density at radius 3 is 2.44 bits per heavy atom. The summed E-state index contributed by atoms with van der Waals surface area (Å²) in [5.74, 6) is -1.31. The molecule has 1 aromatic carbocycles. The Labute approximate surface area is 112 Å². The molecule has 1 aliphatic rings. The van der Waals surface area contributed by atoms with Gasteiger partial charge in [-0.05, 0) is 18.2 Å². The summed E-state index contributed by atoms with van der Waals surface area (Å²) >= 11 is 3.16. The van der Waals surface area contributed by atoms with Crippen molar-refractivity contribution in [3.63, 3.8) is 0 Å².